The van der Waals surface area contributed by atoms with Gasteiger partial charge in [0.25, 0.3) is 0 Å². The number of alkyl halides is 3. The number of carbonyl (C=O) groups is 3. The van der Waals surface area contributed by atoms with Crippen LogP contribution in [0.2, 0.25) is 0 Å². The second kappa shape index (κ2) is 11.4. The van der Waals surface area contributed by atoms with E-state index in [0.717, 1.165) is 0 Å². The number of nitrogens with zero attached hydrogens (tertiary/aromatic N) is 5. The third-order valence-electron chi connectivity index (χ3n) is 4.69. The van der Waals surface area contributed by atoms with Gasteiger partial charge >= 0.3 is 24.2 Å². The maximum Gasteiger partial charge on any atom is 0.490 e. The van der Waals surface area contributed by atoms with E-state index >= 15 is 0 Å². The summed E-state index contributed by atoms with van der Waals surface area (Å²) < 4.78 is 58.0. The molecule has 12 nitrogen and oxygen atoms in total. The summed E-state index contributed by atoms with van der Waals surface area (Å²) in [5.41, 5.74) is 6.40. The summed E-state index contributed by atoms with van der Waals surface area (Å²) in [6.45, 7) is -0.238. The zero-order valence-corrected chi connectivity index (χ0v) is 18.6. The minimum atomic E-state index is -5.08. The number of ether oxygens (including phenoxy) is 2. The van der Waals surface area contributed by atoms with Crippen molar-refractivity contribution in [2.24, 2.45) is 5.73 Å². The zero-order valence-electron chi connectivity index (χ0n) is 18.6. The van der Waals surface area contributed by atoms with Gasteiger partial charge in [-0.15, -0.1) is 5.10 Å². The SMILES string of the molecule is NCC(=O)OC[C@H]1CN(c2ccc(-c3ccc(-n4ccnn4)nc3)c(F)c2)C(=O)O1.O=C(O)C(F)(F)F. The largest absolute Gasteiger partial charge is 0.490 e. The quantitative estimate of drug-likeness (QED) is 0.358. The number of benzene rings is 1. The fraction of sp³-hybridized carbons (Fsp3) is 0.238. The number of rotatable bonds is 6. The molecule has 3 aromatic rings. The van der Waals surface area contributed by atoms with Crippen LogP contribution in [0.25, 0.3) is 16.9 Å². The molecule has 16 heteroatoms. The number of carboxylic acids is 1. The number of nitrogens with two attached hydrogens (primary N) is 1. The summed E-state index contributed by atoms with van der Waals surface area (Å²) >= 11 is 0. The average molecular weight is 526 g/mol. The molecule has 4 rings (SSSR count). The summed E-state index contributed by atoms with van der Waals surface area (Å²) in [7, 11) is 0. The van der Waals surface area contributed by atoms with Crippen LogP contribution in [0.4, 0.5) is 28.0 Å². The van der Waals surface area contributed by atoms with Crippen LogP contribution in [-0.4, -0.2) is 75.1 Å². The summed E-state index contributed by atoms with van der Waals surface area (Å²) in [5, 5.41) is 14.7. The highest BCUT2D eigenvalue weighted by Gasteiger charge is 2.38. The van der Waals surface area contributed by atoms with Gasteiger partial charge in [-0.05, 0) is 30.3 Å². The normalized spacial score (nSPS) is 15.0. The highest BCUT2D eigenvalue weighted by atomic mass is 19.4. The Morgan fingerprint density at radius 3 is 2.51 bits per heavy atom. The molecular formula is C21H18F4N6O6. The molecule has 3 heterocycles. The highest BCUT2D eigenvalue weighted by Crippen LogP contribution is 2.29. The predicted molar refractivity (Wildman–Crippen MR) is 116 cm³/mol. The first-order valence-corrected chi connectivity index (χ1v) is 10.3. The number of anilines is 1. The number of esters is 1. The van der Waals surface area contributed by atoms with Crippen molar-refractivity contribution in [3.8, 4) is 16.9 Å². The number of aromatic nitrogens is 4. The van der Waals surface area contributed by atoms with Gasteiger partial charge in [0, 0.05) is 17.3 Å². The van der Waals surface area contributed by atoms with Crippen LogP contribution < -0.4 is 10.6 Å². The molecule has 0 unspecified atom stereocenters. The first-order chi connectivity index (χ1) is 17.5. The number of cyclic esters (lactones) is 1. The van der Waals surface area contributed by atoms with Crippen molar-refractivity contribution in [1.29, 1.82) is 0 Å². The van der Waals surface area contributed by atoms with Crippen molar-refractivity contribution in [3.63, 3.8) is 0 Å². The topological polar surface area (TPSA) is 163 Å². The maximum atomic E-state index is 14.8. The molecule has 1 atom stereocenters. The van der Waals surface area contributed by atoms with Gasteiger partial charge in [0.2, 0.25) is 0 Å². The molecule has 0 spiro atoms. The summed E-state index contributed by atoms with van der Waals surface area (Å²) in [5.74, 6) is -3.32. The van der Waals surface area contributed by atoms with Gasteiger partial charge in [0.05, 0.1) is 31.2 Å². The van der Waals surface area contributed by atoms with Crippen LogP contribution in [0.1, 0.15) is 0 Å². The molecule has 0 saturated carbocycles. The molecular weight excluding hydrogens is 508 g/mol. The van der Waals surface area contributed by atoms with E-state index in [2.05, 4.69) is 15.3 Å². The lowest BCUT2D eigenvalue weighted by atomic mass is 10.1. The molecule has 0 radical (unpaired) electrons. The third kappa shape index (κ3) is 6.97. The van der Waals surface area contributed by atoms with Crippen molar-refractivity contribution < 1.29 is 46.5 Å². The summed E-state index contributed by atoms with van der Waals surface area (Å²) in [6.07, 6.45) is -1.67. The Kier molecular flexibility index (Phi) is 8.33. The molecule has 1 aromatic carbocycles. The number of carboxylic acid groups (broad SMARTS) is 1. The predicted octanol–water partition coefficient (Wildman–Crippen LogP) is 1.93. The Hall–Kier alpha value is -4.60. The van der Waals surface area contributed by atoms with Gasteiger partial charge in [-0.3, -0.25) is 9.69 Å². The second-order valence-corrected chi connectivity index (χ2v) is 7.22. The molecule has 1 saturated heterocycles. The zero-order chi connectivity index (χ0) is 27.2. The second-order valence-electron chi connectivity index (χ2n) is 7.22. The molecule has 0 bridgehead atoms. The number of pyridine rings is 1. The lowest BCUT2D eigenvalue weighted by Crippen LogP contribution is -2.28. The Bertz CT molecular complexity index is 1250. The van der Waals surface area contributed by atoms with E-state index in [-0.39, 0.29) is 19.7 Å². The van der Waals surface area contributed by atoms with Crippen LogP contribution >= 0.6 is 0 Å². The molecule has 1 aliphatic heterocycles. The molecule has 37 heavy (non-hydrogen) atoms. The van der Waals surface area contributed by atoms with Crippen molar-refractivity contribution >= 4 is 23.7 Å². The summed E-state index contributed by atoms with van der Waals surface area (Å²) in [4.78, 5) is 37.7. The van der Waals surface area contributed by atoms with Crippen LogP contribution in [-0.2, 0) is 19.1 Å². The van der Waals surface area contributed by atoms with E-state index in [1.54, 1.807) is 30.5 Å². The number of amides is 1. The molecule has 1 fully saturated rings. The van der Waals surface area contributed by atoms with Crippen molar-refractivity contribution in [2.45, 2.75) is 12.3 Å². The Labute approximate surface area is 205 Å². The smallest absolute Gasteiger partial charge is 0.475 e. The molecule has 196 valence electrons. The van der Waals surface area contributed by atoms with E-state index in [0.29, 0.717) is 22.6 Å². The minimum absolute atomic E-state index is 0.109. The van der Waals surface area contributed by atoms with E-state index in [4.69, 9.17) is 25.1 Å². The van der Waals surface area contributed by atoms with Gasteiger partial charge in [0.1, 0.15) is 12.4 Å². The standard InChI is InChI=1S/C19H17FN6O4.C2HF3O2/c20-16-7-13(25-10-14(30-19(25)28)11-29-18(27)8-21)2-3-15(16)12-1-4-17(22-9-12)26-6-5-23-24-26;3-2(4,5)1(6)7/h1-7,9,14H,8,10-11,21H2;(H,6,7)/t14-;/m1./s1. The first-order valence-electron chi connectivity index (χ1n) is 10.3. The van der Waals surface area contributed by atoms with Gasteiger partial charge in [-0.2, -0.15) is 13.2 Å². The fourth-order valence-electron chi connectivity index (χ4n) is 2.98. The van der Waals surface area contributed by atoms with Crippen molar-refractivity contribution in [1.82, 2.24) is 20.0 Å². The number of aliphatic carboxylic acids is 1. The van der Waals surface area contributed by atoms with E-state index in [1.165, 1.54) is 28.0 Å². The first kappa shape index (κ1) is 27.0. The van der Waals surface area contributed by atoms with Crippen LogP contribution in [0.5, 0.6) is 0 Å². The Balaban J connectivity index is 0.000000479. The maximum absolute atomic E-state index is 14.8. The number of hydrogen-bond donors (Lipinski definition) is 2. The molecule has 2 aromatic heterocycles. The highest BCUT2D eigenvalue weighted by molar-refractivity contribution is 5.90. The van der Waals surface area contributed by atoms with Crippen LogP contribution in [0.3, 0.4) is 0 Å². The van der Waals surface area contributed by atoms with Crippen molar-refractivity contribution in [3.05, 3.63) is 54.7 Å². The van der Waals surface area contributed by atoms with Crippen molar-refractivity contribution in [2.75, 3.05) is 24.6 Å². The van der Waals surface area contributed by atoms with Crippen LogP contribution in [0, 0.1) is 5.82 Å². The number of hydrogen-bond acceptors (Lipinski definition) is 9. The van der Waals surface area contributed by atoms with E-state index in [1.807, 2.05) is 0 Å². The lowest BCUT2D eigenvalue weighted by Gasteiger charge is -2.14. The Morgan fingerprint density at radius 2 is 1.97 bits per heavy atom. The molecule has 1 aliphatic rings. The minimum Gasteiger partial charge on any atom is -0.475 e. The molecule has 1 amide bonds. The number of carbonyl (C=O) groups excluding carboxylic acids is 2. The third-order valence-corrected chi connectivity index (χ3v) is 4.69. The van der Waals surface area contributed by atoms with Gasteiger partial charge in [-0.1, -0.05) is 5.21 Å². The molecule has 3 N–H and O–H groups in total. The van der Waals surface area contributed by atoms with E-state index in [9.17, 15) is 27.2 Å². The Morgan fingerprint density at radius 1 is 1.24 bits per heavy atom. The number of halogens is 4. The summed E-state index contributed by atoms with van der Waals surface area (Å²) in [6, 6.07) is 7.83. The lowest BCUT2D eigenvalue weighted by molar-refractivity contribution is -0.192. The van der Waals surface area contributed by atoms with Crippen LogP contribution in [0.15, 0.2) is 48.9 Å². The van der Waals surface area contributed by atoms with E-state index < -0.39 is 36.1 Å². The average Bonchev–Trinajstić information content (AvgIpc) is 3.52. The van der Waals surface area contributed by atoms with Gasteiger partial charge < -0.3 is 20.3 Å². The fourth-order valence-corrected chi connectivity index (χ4v) is 2.98. The molecule has 0 aliphatic carbocycles. The van der Waals surface area contributed by atoms with Gasteiger partial charge in [0.15, 0.2) is 11.9 Å². The monoisotopic (exact) mass is 526 g/mol. The van der Waals surface area contributed by atoms with Gasteiger partial charge in [-0.25, -0.2) is 23.6 Å².